The van der Waals surface area contributed by atoms with Crippen molar-refractivity contribution in [1.82, 2.24) is 4.98 Å². The Hall–Kier alpha value is -2.20. The summed E-state index contributed by atoms with van der Waals surface area (Å²) < 4.78 is 5.41. The van der Waals surface area contributed by atoms with Gasteiger partial charge in [0.25, 0.3) is 0 Å². The van der Waals surface area contributed by atoms with Gasteiger partial charge >= 0.3 is 5.69 Å². The summed E-state index contributed by atoms with van der Waals surface area (Å²) in [5, 5.41) is 22.5. The fourth-order valence-electron chi connectivity index (χ4n) is 1.49. The molecule has 0 aromatic carbocycles. The zero-order chi connectivity index (χ0) is 15.0. The molecule has 0 saturated carbocycles. The molecule has 20 heavy (non-hydrogen) atoms. The van der Waals surface area contributed by atoms with Crippen molar-refractivity contribution in [1.29, 1.82) is 5.26 Å². The molecule has 7 heteroatoms. The Bertz CT molecular complexity index is 497. The average Bonchev–Trinajstić information content (AvgIpc) is 2.42. The van der Waals surface area contributed by atoms with Crippen molar-refractivity contribution in [3.63, 3.8) is 0 Å². The molecule has 1 N–H and O–H groups in total. The first kappa shape index (κ1) is 15.9. The predicted molar refractivity (Wildman–Crippen MR) is 74.4 cm³/mol. The number of pyridine rings is 1. The summed E-state index contributed by atoms with van der Waals surface area (Å²) in [5.74, 6) is 0.669. The molecule has 0 amide bonds. The Balaban J connectivity index is 2.48. The number of nitrogens with one attached hydrogen (secondary N) is 1. The monoisotopic (exact) mass is 278 g/mol. The minimum atomic E-state index is -0.550. The van der Waals surface area contributed by atoms with E-state index in [0.717, 1.165) is 6.42 Å². The fourth-order valence-corrected chi connectivity index (χ4v) is 1.49. The van der Waals surface area contributed by atoms with Gasteiger partial charge in [-0.1, -0.05) is 13.8 Å². The summed E-state index contributed by atoms with van der Waals surface area (Å²) in [6.07, 6.45) is 2.04. The van der Waals surface area contributed by atoms with Gasteiger partial charge in [-0.05, 0) is 12.3 Å². The van der Waals surface area contributed by atoms with Crippen LogP contribution in [0.15, 0.2) is 12.3 Å². The molecule has 0 aliphatic heterocycles. The van der Waals surface area contributed by atoms with E-state index in [1.165, 1.54) is 12.3 Å². The molecule has 1 rings (SSSR count). The van der Waals surface area contributed by atoms with Crippen LogP contribution in [-0.4, -0.2) is 29.7 Å². The van der Waals surface area contributed by atoms with Crippen LogP contribution in [0.25, 0.3) is 0 Å². The van der Waals surface area contributed by atoms with Crippen LogP contribution in [0.1, 0.15) is 25.8 Å². The van der Waals surface area contributed by atoms with Gasteiger partial charge in [-0.25, -0.2) is 4.98 Å². The van der Waals surface area contributed by atoms with Gasteiger partial charge in [-0.15, -0.1) is 0 Å². The topological polar surface area (TPSA) is 101 Å². The fraction of sp³-hybridized carbons (Fsp3) is 0.538. The summed E-state index contributed by atoms with van der Waals surface area (Å²) in [5.41, 5.74) is -0.0188. The summed E-state index contributed by atoms with van der Waals surface area (Å²) in [6.45, 7) is 5.97. The molecule has 0 spiro atoms. The molecular weight excluding hydrogens is 260 g/mol. The Morgan fingerprint density at radius 2 is 2.35 bits per heavy atom. The van der Waals surface area contributed by atoms with E-state index in [9.17, 15) is 10.1 Å². The molecule has 0 radical (unpaired) electrons. The molecule has 0 fully saturated rings. The first-order valence-electron chi connectivity index (χ1n) is 6.40. The van der Waals surface area contributed by atoms with Gasteiger partial charge in [0, 0.05) is 32.0 Å². The highest BCUT2D eigenvalue weighted by Crippen LogP contribution is 2.22. The van der Waals surface area contributed by atoms with Crippen LogP contribution in [0.2, 0.25) is 0 Å². The van der Waals surface area contributed by atoms with Crippen molar-refractivity contribution in [3.05, 3.63) is 27.9 Å². The standard InChI is InChI=1S/C13H18N4O3/c1-10(2)9-20-5-3-4-15-13-12(17(18)19)6-11(7-14)8-16-13/h6,8,10H,3-5,9H2,1-2H3,(H,15,16). The number of nitro groups is 1. The van der Waals surface area contributed by atoms with Gasteiger partial charge in [-0.2, -0.15) is 5.26 Å². The molecule has 1 aromatic rings. The number of hydrogen-bond donors (Lipinski definition) is 1. The quantitative estimate of drug-likeness (QED) is 0.445. The van der Waals surface area contributed by atoms with E-state index < -0.39 is 4.92 Å². The van der Waals surface area contributed by atoms with E-state index in [0.29, 0.717) is 25.7 Å². The minimum Gasteiger partial charge on any atom is -0.381 e. The number of anilines is 1. The molecule has 1 heterocycles. The third kappa shape index (κ3) is 5.20. The van der Waals surface area contributed by atoms with Crippen LogP contribution in [0.3, 0.4) is 0 Å². The second-order valence-corrected chi connectivity index (χ2v) is 4.71. The number of aromatic nitrogens is 1. The largest absolute Gasteiger partial charge is 0.381 e. The van der Waals surface area contributed by atoms with Crippen LogP contribution in [-0.2, 0) is 4.74 Å². The Morgan fingerprint density at radius 3 is 2.95 bits per heavy atom. The molecular formula is C13H18N4O3. The number of nitriles is 1. The lowest BCUT2D eigenvalue weighted by atomic mass is 10.2. The van der Waals surface area contributed by atoms with E-state index in [1.54, 1.807) is 0 Å². The zero-order valence-corrected chi connectivity index (χ0v) is 11.6. The van der Waals surface area contributed by atoms with Crippen LogP contribution < -0.4 is 5.32 Å². The highest BCUT2D eigenvalue weighted by atomic mass is 16.6. The Labute approximate surface area is 117 Å². The van der Waals surface area contributed by atoms with Crippen molar-refractivity contribution in [3.8, 4) is 6.07 Å². The van der Waals surface area contributed by atoms with Gasteiger partial charge in [0.1, 0.15) is 6.07 Å². The Morgan fingerprint density at radius 1 is 1.60 bits per heavy atom. The third-order valence-electron chi connectivity index (χ3n) is 2.40. The summed E-state index contributed by atoms with van der Waals surface area (Å²) in [4.78, 5) is 14.2. The van der Waals surface area contributed by atoms with Gasteiger partial charge in [0.15, 0.2) is 0 Å². The smallest absolute Gasteiger partial charge is 0.312 e. The van der Waals surface area contributed by atoms with E-state index in [1.807, 2.05) is 6.07 Å². The maximum absolute atomic E-state index is 10.9. The lowest BCUT2D eigenvalue weighted by molar-refractivity contribution is -0.384. The lowest BCUT2D eigenvalue weighted by Crippen LogP contribution is -2.10. The van der Waals surface area contributed by atoms with E-state index in [-0.39, 0.29) is 17.1 Å². The van der Waals surface area contributed by atoms with Gasteiger partial charge in [-0.3, -0.25) is 10.1 Å². The van der Waals surface area contributed by atoms with Gasteiger partial charge in [0.05, 0.1) is 10.5 Å². The van der Waals surface area contributed by atoms with Crippen LogP contribution in [0.5, 0.6) is 0 Å². The van der Waals surface area contributed by atoms with Crippen LogP contribution in [0.4, 0.5) is 11.5 Å². The second kappa shape index (κ2) is 8.07. The van der Waals surface area contributed by atoms with Crippen LogP contribution in [0, 0.1) is 27.4 Å². The molecule has 1 aromatic heterocycles. The molecule has 0 unspecified atom stereocenters. The summed E-state index contributed by atoms with van der Waals surface area (Å²) >= 11 is 0. The predicted octanol–water partition coefficient (Wildman–Crippen LogP) is 2.34. The van der Waals surface area contributed by atoms with Crippen molar-refractivity contribution in [2.24, 2.45) is 5.92 Å². The van der Waals surface area contributed by atoms with E-state index >= 15 is 0 Å². The Kier molecular flexibility index (Phi) is 6.40. The van der Waals surface area contributed by atoms with Gasteiger partial charge in [0.2, 0.25) is 5.82 Å². The van der Waals surface area contributed by atoms with Crippen LogP contribution >= 0.6 is 0 Å². The second-order valence-electron chi connectivity index (χ2n) is 4.71. The normalized spacial score (nSPS) is 10.3. The molecule has 0 aliphatic rings. The molecule has 108 valence electrons. The maximum Gasteiger partial charge on any atom is 0.312 e. The SMILES string of the molecule is CC(C)COCCCNc1ncc(C#N)cc1[N+](=O)[O-]. The highest BCUT2D eigenvalue weighted by molar-refractivity contribution is 5.58. The number of rotatable bonds is 8. The van der Waals surface area contributed by atoms with E-state index in [4.69, 9.17) is 10.00 Å². The van der Waals surface area contributed by atoms with Crippen molar-refractivity contribution >= 4 is 11.5 Å². The number of ether oxygens (including phenoxy) is 1. The van der Waals surface area contributed by atoms with E-state index in [2.05, 4.69) is 24.1 Å². The first-order valence-corrected chi connectivity index (χ1v) is 6.40. The maximum atomic E-state index is 10.9. The zero-order valence-electron chi connectivity index (χ0n) is 11.6. The van der Waals surface area contributed by atoms with Crippen molar-refractivity contribution < 1.29 is 9.66 Å². The molecule has 0 bridgehead atoms. The van der Waals surface area contributed by atoms with Gasteiger partial charge < -0.3 is 10.1 Å². The molecule has 0 aliphatic carbocycles. The molecule has 7 nitrogen and oxygen atoms in total. The van der Waals surface area contributed by atoms with Crippen molar-refractivity contribution in [2.75, 3.05) is 25.1 Å². The average molecular weight is 278 g/mol. The first-order chi connectivity index (χ1) is 9.54. The molecule has 0 saturated heterocycles. The number of nitrogens with zero attached hydrogens (tertiary/aromatic N) is 3. The number of hydrogen-bond acceptors (Lipinski definition) is 6. The lowest BCUT2D eigenvalue weighted by Gasteiger charge is -2.08. The highest BCUT2D eigenvalue weighted by Gasteiger charge is 2.15. The summed E-state index contributed by atoms with van der Waals surface area (Å²) in [6, 6.07) is 3.04. The summed E-state index contributed by atoms with van der Waals surface area (Å²) in [7, 11) is 0. The minimum absolute atomic E-state index is 0.169. The van der Waals surface area contributed by atoms with Crippen molar-refractivity contribution in [2.45, 2.75) is 20.3 Å². The third-order valence-corrected chi connectivity index (χ3v) is 2.40. The molecule has 0 atom stereocenters.